The number of carbonyl (C=O) groups excluding carboxylic acids is 2. The van der Waals surface area contributed by atoms with Gasteiger partial charge in [0.2, 0.25) is 0 Å². The summed E-state index contributed by atoms with van der Waals surface area (Å²) in [5.41, 5.74) is 0. The number of rotatable bonds is 2. The van der Waals surface area contributed by atoms with Crippen LogP contribution in [0.5, 0.6) is 0 Å². The summed E-state index contributed by atoms with van der Waals surface area (Å²) in [7, 11) is 0. The van der Waals surface area contributed by atoms with Crippen molar-refractivity contribution in [3.8, 4) is 0 Å². The Bertz CT molecular complexity index is 149. The van der Waals surface area contributed by atoms with Crippen molar-refractivity contribution in [2.75, 3.05) is 0 Å². The summed E-state index contributed by atoms with van der Waals surface area (Å²) < 4.78 is 6.90. The molecule has 4 heteroatoms. The Labute approximate surface area is 77.1 Å². The molecule has 3 nitrogen and oxygen atoms in total. The third-order valence-electron chi connectivity index (χ3n) is 0.640. The van der Waals surface area contributed by atoms with Crippen LogP contribution in [0.25, 0.3) is 0 Å². The quantitative estimate of drug-likeness (QED) is 0.225. The fraction of sp³-hybridized carbons (Fsp3) is 0.600. The minimum Gasteiger partial charge on any atom is -0.542 e. The summed E-state index contributed by atoms with van der Waals surface area (Å²) in [5.74, 6) is -4.56. The molecule has 0 aliphatic rings. The van der Waals surface area contributed by atoms with E-state index in [-0.39, 0.29) is 29.6 Å². The van der Waals surface area contributed by atoms with Gasteiger partial charge in [0.15, 0.2) is 5.78 Å². The number of hydrogen-bond donors (Lipinski definition) is 0. The van der Waals surface area contributed by atoms with E-state index in [2.05, 4.69) is 0 Å². The third-order valence-corrected chi connectivity index (χ3v) is 0.640. The van der Waals surface area contributed by atoms with Crippen molar-refractivity contribution in [1.82, 2.24) is 0 Å². The molecule has 46 valence electrons. The fourth-order valence-corrected chi connectivity index (χ4v) is 0.204. The zero-order valence-corrected chi connectivity index (χ0v) is 7.72. The van der Waals surface area contributed by atoms with Crippen molar-refractivity contribution in [3.63, 3.8) is 0 Å². The maximum atomic E-state index is 10.3. The SMILES string of the molecule is [2H][13C]([13CH3])([13CH3])[13C](=O)[13C](=O)[O-].[Na+]. The Morgan fingerprint density at radius 2 is 1.89 bits per heavy atom. The van der Waals surface area contributed by atoms with Gasteiger partial charge in [-0.1, -0.05) is 13.8 Å². The number of carboxylic acids is 1. The molecule has 0 aromatic carbocycles. The van der Waals surface area contributed by atoms with Crippen LogP contribution >= 0.6 is 0 Å². The molecule has 0 unspecified atom stereocenters. The summed E-state index contributed by atoms with van der Waals surface area (Å²) in [6.07, 6.45) is 0. The first kappa shape index (κ1) is 9.14. The second-order valence-electron chi connectivity index (χ2n) is 1.62. The van der Waals surface area contributed by atoms with Gasteiger partial charge in [-0.2, -0.15) is 0 Å². The summed E-state index contributed by atoms with van der Waals surface area (Å²) in [6.45, 7) is 2.40. The average Bonchev–Trinajstić information content (AvgIpc) is 1.62. The van der Waals surface area contributed by atoms with Crippen LogP contribution < -0.4 is 34.7 Å². The van der Waals surface area contributed by atoms with Gasteiger partial charge in [-0.15, -0.1) is 0 Å². The van der Waals surface area contributed by atoms with Crippen molar-refractivity contribution < 1.29 is 45.6 Å². The molecular weight excluding hydrogens is 136 g/mol. The van der Waals surface area contributed by atoms with E-state index >= 15 is 0 Å². The van der Waals surface area contributed by atoms with Gasteiger partial charge < -0.3 is 9.90 Å². The van der Waals surface area contributed by atoms with Crippen LogP contribution in [0.4, 0.5) is 0 Å². The molecule has 0 saturated heterocycles. The first-order valence-electron chi connectivity index (χ1n) is 2.61. The van der Waals surface area contributed by atoms with Crippen LogP contribution in [-0.4, -0.2) is 11.8 Å². The van der Waals surface area contributed by atoms with E-state index in [0.717, 1.165) is 0 Å². The molecule has 0 aromatic heterocycles. The van der Waals surface area contributed by atoms with Gasteiger partial charge in [-0.05, 0) is 0 Å². The van der Waals surface area contributed by atoms with Crippen molar-refractivity contribution >= 4 is 11.8 Å². The second kappa shape index (κ2) is 4.97. The predicted molar refractivity (Wildman–Crippen MR) is 24.9 cm³/mol. The number of carboxylic acid groups (broad SMARTS) is 1. The number of ketones is 1. The Hall–Kier alpha value is 0.140. The van der Waals surface area contributed by atoms with Crippen LogP contribution in [0.15, 0.2) is 0 Å². The molecule has 0 amide bonds. The van der Waals surface area contributed by atoms with Crippen LogP contribution in [0.3, 0.4) is 0 Å². The van der Waals surface area contributed by atoms with Crippen LogP contribution in [0.2, 0.25) is 0 Å². The standard InChI is InChI=1S/C5H8O3.Na/c1-3(2)4(6)5(7)8;/h3H,1-2H3,(H,7,8);/q;+1/p-1/i1+1,2+1,3+1D,4+1,5+1;. The van der Waals surface area contributed by atoms with E-state index in [9.17, 15) is 14.7 Å². The zero-order chi connectivity index (χ0) is 7.65. The molecule has 0 atom stereocenters. The summed E-state index contributed by atoms with van der Waals surface area (Å²) >= 11 is 0. The maximum absolute atomic E-state index is 10.3. The van der Waals surface area contributed by atoms with Gasteiger partial charge in [0.05, 0.1) is 0 Å². The molecule has 0 saturated carbocycles. The van der Waals surface area contributed by atoms with E-state index in [0.29, 0.717) is 0 Å². The first-order valence-corrected chi connectivity index (χ1v) is 2.11. The van der Waals surface area contributed by atoms with Gasteiger partial charge in [0, 0.05) is 7.26 Å². The third kappa shape index (κ3) is 4.63. The number of hydrogen-bond acceptors (Lipinski definition) is 3. The van der Waals surface area contributed by atoms with Crippen molar-refractivity contribution in [2.45, 2.75) is 13.8 Å². The first-order chi connectivity index (χ1) is 3.85. The molecule has 0 rings (SSSR count). The molecule has 9 heavy (non-hydrogen) atoms. The predicted octanol–water partition coefficient (Wildman–Crippen LogP) is -4.03. The number of aliphatic carboxylic acids is 1. The molecule has 0 aliphatic carbocycles. The van der Waals surface area contributed by atoms with Crippen molar-refractivity contribution in [2.24, 2.45) is 5.89 Å². The van der Waals surface area contributed by atoms with Crippen molar-refractivity contribution in [3.05, 3.63) is 0 Å². The average molecular weight is 144 g/mol. The number of Topliss-reactive ketones (excluding diaryl/α,β-unsaturated/α-hetero) is 1. The van der Waals surface area contributed by atoms with Gasteiger partial charge in [0.25, 0.3) is 0 Å². The topological polar surface area (TPSA) is 57.2 Å². The van der Waals surface area contributed by atoms with Crippen LogP contribution in [-0.2, 0) is 9.59 Å². The van der Waals surface area contributed by atoms with E-state index in [1.165, 1.54) is 13.8 Å². The fourth-order valence-electron chi connectivity index (χ4n) is 0.204. The molecule has 0 N–H and O–H groups in total. The summed E-state index contributed by atoms with van der Waals surface area (Å²) in [4.78, 5) is 20.1. The molecule has 0 radical (unpaired) electrons. The zero-order valence-electron chi connectivity index (χ0n) is 6.72. The Balaban J connectivity index is 0. The van der Waals surface area contributed by atoms with E-state index in [1.807, 2.05) is 0 Å². The van der Waals surface area contributed by atoms with E-state index in [4.69, 9.17) is 1.37 Å². The Morgan fingerprint density at radius 3 is 1.89 bits per heavy atom. The van der Waals surface area contributed by atoms with Crippen LogP contribution in [0.1, 0.15) is 15.2 Å². The van der Waals surface area contributed by atoms with Gasteiger partial charge in [0.1, 0.15) is 5.97 Å². The van der Waals surface area contributed by atoms with Gasteiger partial charge in [-0.3, -0.25) is 4.79 Å². The maximum Gasteiger partial charge on any atom is 1.00 e. The molecule has 0 spiro atoms. The minimum atomic E-state index is -1.80. The number of carbonyl (C=O) groups is 2. The monoisotopic (exact) mass is 144 g/mol. The summed E-state index contributed by atoms with van der Waals surface area (Å²) in [6, 6.07) is 0. The van der Waals surface area contributed by atoms with Gasteiger partial charge >= 0.3 is 29.6 Å². The molecular formula is C5H7NaO3. The Kier molecular flexibility index (Phi) is 5.04. The molecule has 0 fully saturated rings. The van der Waals surface area contributed by atoms with Crippen molar-refractivity contribution in [1.29, 1.82) is 0 Å². The Morgan fingerprint density at radius 1 is 1.56 bits per heavy atom. The van der Waals surface area contributed by atoms with E-state index in [1.54, 1.807) is 0 Å². The smallest absolute Gasteiger partial charge is 0.542 e. The van der Waals surface area contributed by atoms with E-state index < -0.39 is 17.6 Å². The second-order valence-corrected chi connectivity index (χ2v) is 1.62. The normalized spacial score (nSPS) is 11.1. The molecule has 0 bridgehead atoms. The van der Waals surface area contributed by atoms with Gasteiger partial charge in [-0.25, -0.2) is 0 Å². The minimum absolute atomic E-state index is 0. The molecule has 0 aromatic rings. The molecule has 0 aliphatic heterocycles. The summed E-state index contributed by atoms with van der Waals surface area (Å²) in [5, 5.41) is 9.77. The largest absolute Gasteiger partial charge is 1.00 e. The molecule has 0 heterocycles. The van der Waals surface area contributed by atoms with Crippen LogP contribution in [0, 0.1) is 5.89 Å².